The molecule has 0 radical (unpaired) electrons. The molecular weight excluding hydrogens is 1220 g/mol. The average Bonchev–Trinajstić information content (AvgIpc) is 1.58. The first-order valence-electron chi connectivity index (χ1n) is 33.1. The predicted octanol–water partition coefficient (Wildman–Crippen LogP) is 26.7. The van der Waals surface area contributed by atoms with Crippen LogP contribution in [0.15, 0.2) is 320 Å². The minimum Gasteiger partial charge on any atom is -0.456 e. The van der Waals surface area contributed by atoms with Gasteiger partial charge in [0.1, 0.15) is 11.2 Å². The number of para-hydroxylation sites is 5. The van der Waals surface area contributed by atoms with E-state index in [-0.39, 0.29) is 0 Å². The smallest absolute Gasteiger partial charge is 0.137 e. The monoisotopic (exact) mass is 1270 g/mol. The normalized spacial score (nSPS) is 12.3. The zero-order valence-electron chi connectivity index (χ0n) is 52.0. The number of aromatic nitrogens is 2. The van der Waals surface area contributed by atoms with E-state index in [4.69, 9.17) is 4.42 Å². The van der Waals surface area contributed by atoms with Gasteiger partial charge in [-0.05, 0) is 148 Å². The fraction of sp³-hybridized carbons (Fsp3) is 0. The fourth-order valence-corrected chi connectivity index (χ4v) is 18.8. The van der Waals surface area contributed by atoms with E-state index in [2.05, 4.69) is 322 Å². The molecule has 0 atom stereocenters. The molecule has 0 aliphatic heterocycles. The summed E-state index contributed by atoms with van der Waals surface area (Å²) in [6.07, 6.45) is 0. The van der Waals surface area contributed by atoms with Gasteiger partial charge in [-0.25, -0.2) is 0 Å². The number of thiophene rings is 2. The molecule has 23 rings (SSSR count). The van der Waals surface area contributed by atoms with Gasteiger partial charge in [0, 0.05) is 134 Å². The first kappa shape index (κ1) is 53.1. The maximum Gasteiger partial charge on any atom is 0.137 e. The molecule has 23 aromatic rings. The van der Waals surface area contributed by atoms with Crippen LogP contribution in [0.2, 0.25) is 0 Å². The maximum atomic E-state index is 6.39. The van der Waals surface area contributed by atoms with Gasteiger partial charge in [0.05, 0.1) is 33.1 Å². The summed E-state index contributed by atoms with van der Waals surface area (Å²) >= 11 is 3.71. The van der Waals surface area contributed by atoms with Gasteiger partial charge in [-0.2, -0.15) is 0 Å². The lowest BCUT2D eigenvalue weighted by Gasteiger charge is -2.26. The summed E-state index contributed by atoms with van der Waals surface area (Å²) in [5.41, 5.74) is 16.0. The zero-order valence-corrected chi connectivity index (χ0v) is 53.7. The number of benzene rings is 16. The Labute approximate surface area is 562 Å². The van der Waals surface area contributed by atoms with Crippen molar-refractivity contribution in [1.82, 2.24) is 8.80 Å². The van der Waals surface area contributed by atoms with Gasteiger partial charge in [-0.3, -0.25) is 0 Å². The van der Waals surface area contributed by atoms with Gasteiger partial charge in [0.25, 0.3) is 0 Å². The topological polar surface area (TPSA) is 28.4 Å². The minimum absolute atomic E-state index is 0.887. The van der Waals surface area contributed by atoms with Crippen LogP contribution < -0.4 is 9.80 Å². The van der Waals surface area contributed by atoms with E-state index >= 15 is 0 Å². The third-order valence-corrected chi connectivity index (χ3v) is 23.1. The standard InChI is InChI=1S/C48H28N2S.C42H24N2OS/c1-2-12-34-32(10-1)33-11-3-4-13-35(33)42-26-29(20-23-36(34)42)49(30-22-25-47-43(27-30)39-15-6-8-19-46(39)51-47)31-21-24-38-41-17-9-16-40-37-14-5-7-18-44(37)50(48(40)41)45(38)28-31;1-4-13-36-28(8-1)33-11-7-12-34-29-19-16-26(23-37(29)44(36)42(33)34)43(25-18-21-41-35(22-25)32-10-3-6-15-40(32)46-41)27-17-20-31-30-9-2-5-14-38(30)45-39(31)24-27/h1-28H;1-24H. The van der Waals surface area contributed by atoms with Gasteiger partial charge >= 0.3 is 0 Å². The van der Waals surface area contributed by atoms with Crippen LogP contribution in [0, 0.1) is 0 Å². The molecule has 16 aromatic carbocycles. The van der Waals surface area contributed by atoms with Crippen molar-refractivity contribution < 1.29 is 4.42 Å². The van der Waals surface area contributed by atoms with Crippen LogP contribution in [0.25, 0.3) is 171 Å². The van der Waals surface area contributed by atoms with Crippen molar-refractivity contribution in [1.29, 1.82) is 0 Å². The Bertz CT molecular complexity index is 7210. The average molecular weight is 1270 g/mol. The van der Waals surface area contributed by atoms with Crippen LogP contribution in [-0.4, -0.2) is 8.80 Å². The number of furan rings is 1. The Morgan fingerprint density at radius 1 is 0.196 bits per heavy atom. The minimum atomic E-state index is 0.887. The lowest BCUT2D eigenvalue weighted by atomic mass is 9.94. The van der Waals surface area contributed by atoms with E-state index in [1.165, 1.54) is 149 Å². The SMILES string of the molecule is c1ccc2c(c1)oc1cc(N(c3ccc4sc5ccccc5c4c3)c3ccc4c5cccc6c7ccccc7n(c4c3)c65)ccc12.c1ccc2c(c1)sc1ccc(N(c3ccc4c5ccccc5c5ccccc5c4c3)c3ccc4c5cccc6c7ccccc7n(c4c3)c65)cc12. The van der Waals surface area contributed by atoms with Crippen molar-refractivity contribution in [3.8, 4) is 0 Å². The Morgan fingerprint density at radius 2 is 0.505 bits per heavy atom. The second kappa shape index (κ2) is 20.1. The molecule has 0 spiro atoms. The molecular formula is C90H52N4OS2. The quantitative estimate of drug-likeness (QED) is 0.155. The summed E-state index contributed by atoms with van der Waals surface area (Å²) in [6.45, 7) is 0. The highest BCUT2D eigenvalue weighted by Crippen LogP contribution is 2.49. The summed E-state index contributed by atoms with van der Waals surface area (Å²) in [4.78, 5) is 4.84. The molecule has 0 amide bonds. The van der Waals surface area contributed by atoms with Gasteiger partial charge < -0.3 is 23.0 Å². The van der Waals surface area contributed by atoms with E-state index in [1.807, 2.05) is 34.8 Å². The van der Waals surface area contributed by atoms with Crippen LogP contribution in [0.5, 0.6) is 0 Å². The molecule has 97 heavy (non-hydrogen) atoms. The van der Waals surface area contributed by atoms with E-state index in [9.17, 15) is 0 Å². The van der Waals surface area contributed by atoms with Crippen molar-refractivity contribution in [2.45, 2.75) is 0 Å². The molecule has 7 heteroatoms. The van der Waals surface area contributed by atoms with E-state index < -0.39 is 0 Å². The number of nitrogens with zero attached hydrogens (tertiary/aromatic N) is 4. The third-order valence-electron chi connectivity index (χ3n) is 20.8. The maximum absolute atomic E-state index is 6.39. The molecule has 450 valence electrons. The zero-order chi connectivity index (χ0) is 63.1. The first-order valence-corrected chi connectivity index (χ1v) is 34.7. The largest absolute Gasteiger partial charge is 0.456 e. The Hall–Kier alpha value is -12.3. The molecule has 0 aliphatic rings. The number of anilines is 6. The van der Waals surface area contributed by atoms with Crippen LogP contribution >= 0.6 is 22.7 Å². The van der Waals surface area contributed by atoms with Crippen molar-refractivity contribution in [2.75, 3.05) is 9.80 Å². The van der Waals surface area contributed by atoms with E-state index in [0.29, 0.717) is 0 Å². The summed E-state index contributed by atoms with van der Waals surface area (Å²) in [6, 6.07) is 116. The molecule has 0 aliphatic carbocycles. The second-order valence-corrected chi connectivity index (χ2v) is 28.0. The van der Waals surface area contributed by atoms with Crippen LogP contribution in [0.3, 0.4) is 0 Å². The first-order chi connectivity index (χ1) is 48.1. The summed E-state index contributed by atoms with van der Waals surface area (Å²) in [5, 5.41) is 25.4. The second-order valence-electron chi connectivity index (χ2n) is 25.8. The number of hydrogen-bond acceptors (Lipinski definition) is 5. The van der Waals surface area contributed by atoms with Crippen molar-refractivity contribution >= 4 is 228 Å². The van der Waals surface area contributed by atoms with Crippen LogP contribution in [0.4, 0.5) is 34.1 Å². The number of fused-ring (bicyclic) bond motifs is 27. The molecule has 7 heterocycles. The fourth-order valence-electron chi connectivity index (χ4n) is 16.6. The third kappa shape index (κ3) is 7.63. The van der Waals surface area contributed by atoms with Gasteiger partial charge in [-0.15, -0.1) is 22.7 Å². The Kier molecular flexibility index (Phi) is 11.0. The molecule has 7 aromatic heterocycles. The van der Waals surface area contributed by atoms with Crippen LogP contribution in [-0.2, 0) is 0 Å². The van der Waals surface area contributed by atoms with Crippen LogP contribution in [0.1, 0.15) is 0 Å². The molecule has 5 nitrogen and oxygen atoms in total. The molecule has 0 saturated carbocycles. The Morgan fingerprint density at radius 3 is 1.00 bits per heavy atom. The van der Waals surface area contributed by atoms with Gasteiger partial charge in [-0.1, -0.05) is 194 Å². The Balaban J connectivity index is 0.000000125. The molecule has 0 fully saturated rings. The highest BCUT2D eigenvalue weighted by molar-refractivity contribution is 7.26. The van der Waals surface area contributed by atoms with E-state index in [1.54, 1.807) is 0 Å². The highest BCUT2D eigenvalue weighted by atomic mass is 32.1. The molecule has 0 saturated heterocycles. The summed E-state index contributed by atoms with van der Waals surface area (Å²) in [7, 11) is 0. The van der Waals surface area contributed by atoms with Crippen molar-refractivity contribution in [3.63, 3.8) is 0 Å². The van der Waals surface area contributed by atoms with Crippen molar-refractivity contribution in [3.05, 3.63) is 315 Å². The summed E-state index contributed by atoms with van der Waals surface area (Å²) < 4.78 is 16.6. The van der Waals surface area contributed by atoms with Crippen molar-refractivity contribution in [2.24, 2.45) is 0 Å². The number of hydrogen-bond donors (Lipinski definition) is 0. The molecule has 0 unspecified atom stereocenters. The van der Waals surface area contributed by atoms with E-state index in [0.717, 1.165) is 56.1 Å². The predicted molar refractivity (Wildman–Crippen MR) is 417 cm³/mol. The lowest BCUT2D eigenvalue weighted by molar-refractivity contribution is 0.669. The highest BCUT2D eigenvalue weighted by Gasteiger charge is 2.25. The number of rotatable bonds is 6. The molecule has 0 bridgehead atoms. The summed E-state index contributed by atoms with van der Waals surface area (Å²) in [5.74, 6) is 0. The van der Waals surface area contributed by atoms with Gasteiger partial charge in [0.2, 0.25) is 0 Å². The molecule has 0 N–H and O–H groups in total. The van der Waals surface area contributed by atoms with Gasteiger partial charge in [0.15, 0.2) is 0 Å². The lowest BCUT2D eigenvalue weighted by Crippen LogP contribution is -2.10.